The van der Waals surface area contributed by atoms with Crippen molar-refractivity contribution in [3.63, 3.8) is 0 Å². The average molecular weight is 249 g/mol. The molecule has 0 spiro atoms. The minimum absolute atomic E-state index is 0.285. The Balaban J connectivity index is 2.05. The van der Waals surface area contributed by atoms with Gasteiger partial charge in [-0.15, -0.1) is 0 Å². The highest BCUT2D eigenvalue weighted by Gasteiger charge is 2.22. The van der Waals surface area contributed by atoms with Gasteiger partial charge in [0.25, 0.3) is 0 Å². The van der Waals surface area contributed by atoms with Gasteiger partial charge in [-0.1, -0.05) is 12.5 Å². The summed E-state index contributed by atoms with van der Waals surface area (Å²) in [6.45, 7) is 2.34. The number of nitrogens with one attached hydrogen (secondary N) is 1. The Morgan fingerprint density at radius 3 is 3.17 bits per heavy atom. The van der Waals surface area contributed by atoms with Crippen LogP contribution >= 0.6 is 0 Å². The van der Waals surface area contributed by atoms with Crippen molar-refractivity contribution in [2.24, 2.45) is 0 Å². The predicted octanol–water partition coefficient (Wildman–Crippen LogP) is 1.86. The van der Waals surface area contributed by atoms with Gasteiger partial charge >= 0.3 is 0 Å². The number of nitrogens with zero attached hydrogens (tertiary/aromatic N) is 2. The SMILES string of the molecule is CNc1ncccc1CN1CCCCC1CCO. The third-order valence-corrected chi connectivity index (χ3v) is 3.71. The van der Waals surface area contributed by atoms with E-state index in [9.17, 15) is 0 Å². The molecule has 1 unspecified atom stereocenters. The first kappa shape index (κ1) is 13.3. The fraction of sp³-hybridized carbons (Fsp3) is 0.643. The number of rotatable bonds is 5. The van der Waals surface area contributed by atoms with Crippen LogP contribution < -0.4 is 5.32 Å². The number of hydrogen-bond acceptors (Lipinski definition) is 4. The Bertz CT molecular complexity index is 368. The summed E-state index contributed by atoms with van der Waals surface area (Å²) >= 11 is 0. The van der Waals surface area contributed by atoms with Crippen molar-refractivity contribution in [1.29, 1.82) is 0 Å². The molecular formula is C14H23N3O. The maximum absolute atomic E-state index is 9.15. The minimum Gasteiger partial charge on any atom is -0.396 e. The van der Waals surface area contributed by atoms with E-state index in [4.69, 9.17) is 5.11 Å². The highest BCUT2D eigenvalue weighted by Crippen LogP contribution is 2.23. The van der Waals surface area contributed by atoms with Crippen LogP contribution in [-0.2, 0) is 6.54 Å². The molecule has 0 aliphatic carbocycles. The fourth-order valence-corrected chi connectivity index (χ4v) is 2.75. The maximum Gasteiger partial charge on any atom is 0.130 e. The first-order chi connectivity index (χ1) is 8.85. The Morgan fingerprint density at radius 1 is 1.50 bits per heavy atom. The number of anilines is 1. The summed E-state index contributed by atoms with van der Waals surface area (Å²) in [4.78, 5) is 6.83. The Labute approximate surface area is 109 Å². The van der Waals surface area contributed by atoms with Crippen LogP contribution in [0.1, 0.15) is 31.2 Å². The van der Waals surface area contributed by atoms with Gasteiger partial charge in [-0.2, -0.15) is 0 Å². The van der Waals surface area contributed by atoms with Gasteiger partial charge in [-0.05, 0) is 31.9 Å². The molecule has 1 fully saturated rings. The summed E-state index contributed by atoms with van der Waals surface area (Å²) in [5.41, 5.74) is 1.24. The standard InChI is InChI=1S/C14H23N3O/c1-15-14-12(5-4-8-16-14)11-17-9-3-2-6-13(17)7-10-18/h4-5,8,13,18H,2-3,6-7,9-11H2,1H3,(H,15,16). The summed E-state index contributed by atoms with van der Waals surface area (Å²) in [6, 6.07) is 4.64. The van der Waals surface area contributed by atoms with Gasteiger partial charge in [-0.3, -0.25) is 4.90 Å². The van der Waals surface area contributed by atoms with Crippen LogP contribution in [0.4, 0.5) is 5.82 Å². The van der Waals surface area contributed by atoms with Crippen molar-refractivity contribution in [3.05, 3.63) is 23.9 Å². The first-order valence-electron chi connectivity index (χ1n) is 6.81. The van der Waals surface area contributed by atoms with Gasteiger partial charge in [0.05, 0.1) is 0 Å². The Kier molecular flexibility index (Phi) is 4.96. The van der Waals surface area contributed by atoms with Crippen molar-refractivity contribution in [2.45, 2.75) is 38.3 Å². The van der Waals surface area contributed by atoms with Crippen molar-refractivity contribution in [1.82, 2.24) is 9.88 Å². The lowest BCUT2D eigenvalue weighted by molar-refractivity contribution is 0.112. The van der Waals surface area contributed by atoms with E-state index in [0.29, 0.717) is 6.04 Å². The Morgan fingerprint density at radius 2 is 2.39 bits per heavy atom. The number of pyridine rings is 1. The summed E-state index contributed by atoms with van der Waals surface area (Å²) in [5, 5.41) is 12.3. The zero-order chi connectivity index (χ0) is 12.8. The molecular weight excluding hydrogens is 226 g/mol. The van der Waals surface area contributed by atoms with E-state index in [1.54, 1.807) is 0 Å². The number of aliphatic hydroxyl groups excluding tert-OH is 1. The van der Waals surface area contributed by atoms with Crippen LogP contribution in [0.3, 0.4) is 0 Å². The second-order valence-corrected chi connectivity index (χ2v) is 4.89. The summed E-state index contributed by atoms with van der Waals surface area (Å²) in [7, 11) is 1.91. The molecule has 1 saturated heterocycles. The quantitative estimate of drug-likeness (QED) is 0.836. The molecule has 1 aromatic rings. The van der Waals surface area contributed by atoms with Crippen LogP contribution in [0.5, 0.6) is 0 Å². The van der Waals surface area contributed by atoms with Gasteiger partial charge in [0, 0.05) is 38.0 Å². The second-order valence-electron chi connectivity index (χ2n) is 4.89. The molecule has 18 heavy (non-hydrogen) atoms. The molecule has 100 valence electrons. The van der Waals surface area contributed by atoms with Crippen LogP contribution in [0.2, 0.25) is 0 Å². The van der Waals surface area contributed by atoms with Crippen molar-refractivity contribution in [3.8, 4) is 0 Å². The van der Waals surface area contributed by atoms with E-state index >= 15 is 0 Å². The number of piperidine rings is 1. The molecule has 1 aliphatic rings. The average Bonchev–Trinajstić information content (AvgIpc) is 2.42. The molecule has 2 heterocycles. The first-order valence-corrected chi connectivity index (χ1v) is 6.81. The van der Waals surface area contributed by atoms with Crippen molar-refractivity contribution in [2.75, 3.05) is 25.5 Å². The number of likely N-dealkylation sites (tertiary alicyclic amines) is 1. The molecule has 1 atom stereocenters. The zero-order valence-electron chi connectivity index (χ0n) is 11.1. The molecule has 1 aromatic heterocycles. The molecule has 2 rings (SSSR count). The topological polar surface area (TPSA) is 48.4 Å². The zero-order valence-corrected chi connectivity index (χ0v) is 11.1. The van der Waals surface area contributed by atoms with Gasteiger partial charge in [0.1, 0.15) is 5.82 Å². The number of aliphatic hydroxyl groups is 1. The summed E-state index contributed by atoms with van der Waals surface area (Å²) in [6.07, 6.45) is 6.45. The third-order valence-electron chi connectivity index (χ3n) is 3.71. The molecule has 4 nitrogen and oxygen atoms in total. The van der Waals surface area contributed by atoms with Crippen molar-refractivity contribution >= 4 is 5.82 Å². The highest BCUT2D eigenvalue weighted by atomic mass is 16.3. The van der Waals surface area contributed by atoms with E-state index < -0.39 is 0 Å². The van der Waals surface area contributed by atoms with E-state index in [2.05, 4.69) is 21.3 Å². The molecule has 0 radical (unpaired) electrons. The lowest BCUT2D eigenvalue weighted by Gasteiger charge is -2.35. The largest absolute Gasteiger partial charge is 0.396 e. The maximum atomic E-state index is 9.15. The fourth-order valence-electron chi connectivity index (χ4n) is 2.75. The third kappa shape index (κ3) is 3.21. The summed E-state index contributed by atoms with van der Waals surface area (Å²) < 4.78 is 0. The monoisotopic (exact) mass is 249 g/mol. The van der Waals surface area contributed by atoms with E-state index in [1.807, 2.05) is 19.3 Å². The van der Waals surface area contributed by atoms with Gasteiger partial charge < -0.3 is 10.4 Å². The van der Waals surface area contributed by atoms with Crippen LogP contribution in [-0.4, -0.2) is 41.2 Å². The smallest absolute Gasteiger partial charge is 0.130 e. The number of hydrogen-bond donors (Lipinski definition) is 2. The lowest BCUT2D eigenvalue weighted by Crippen LogP contribution is -2.39. The molecule has 0 aromatic carbocycles. The van der Waals surface area contributed by atoms with E-state index in [0.717, 1.165) is 25.3 Å². The van der Waals surface area contributed by atoms with Gasteiger partial charge in [0.2, 0.25) is 0 Å². The van der Waals surface area contributed by atoms with Gasteiger partial charge in [0.15, 0.2) is 0 Å². The number of aromatic nitrogens is 1. The van der Waals surface area contributed by atoms with Crippen LogP contribution in [0.25, 0.3) is 0 Å². The highest BCUT2D eigenvalue weighted by molar-refractivity contribution is 5.42. The summed E-state index contributed by atoms with van der Waals surface area (Å²) in [5.74, 6) is 0.964. The molecule has 2 N–H and O–H groups in total. The van der Waals surface area contributed by atoms with Crippen LogP contribution in [0, 0.1) is 0 Å². The molecule has 0 saturated carbocycles. The second kappa shape index (κ2) is 6.71. The van der Waals surface area contributed by atoms with Crippen molar-refractivity contribution < 1.29 is 5.11 Å². The molecule has 1 aliphatic heterocycles. The van der Waals surface area contributed by atoms with E-state index in [-0.39, 0.29) is 6.61 Å². The predicted molar refractivity (Wildman–Crippen MR) is 73.5 cm³/mol. The molecule has 0 amide bonds. The molecule has 4 heteroatoms. The minimum atomic E-state index is 0.285. The normalized spacial score (nSPS) is 20.9. The Hall–Kier alpha value is -1.13. The van der Waals surface area contributed by atoms with Crippen LogP contribution in [0.15, 0.2) is 18.3 Å². The van der Waals surface area contributed by atoms with E-state index in [1.165, 1.54) is 24.8 Å². The molecule has 0 bridgehead atoms. The lowest BCUT2D eigenvalue weighted by atomic mass is 9.99. The van der Waals surface area contributed by atoms with Gasteiger partial charge in [-0.25, -0.2) is 4.98 Å².